The molecule has 1 N–H and O–H groups in total. The number of aryl methyl sites for hydroxylation is 1. The first-order valence-electron chi connectivity index (χ1n) is 7.46. The summed E-state index contributed by atoms with van der Waals surface area (Å²) >= 11 is 3.40. The Hall–Kier alpha value is -2.40. The van der Waals surface area contributed by atoms with Gasteiger partial charge in [0.2, 0.25) is 0 Å². The number of ether oxygens (including phenoxy) is 1. The fourth-order valence-electron chi connectivity index (χ4n) is 1.92. The molecule has 0 heterocycles. The van der Waals surface area contributed by atoms with E-state index < -0.39 is 12.1 Å². The molecule has 2 aromatic rings. The largest absolute Gasteiger partial charge is 0.449 e. The number of hydrogen-bond donors (Lipinski definition) is 1. The lowest BCUT2D eigenvalue weighted by Crippen LogP contribution is -2.29. The summed E-state index contributed by atoms with van der Waals surface area (Å²) in [4.78, 5) is 23.9. The maximum absolute atomic E-state index is 12.0. The number of esters is 1. The molecule has 1 amide bonds. The Labute approximate surface area is 149 Å². The van der Waals surface area contributed by atoms with Crippen LogP contribution < -0.4 is 5.32 Å². The van der Waals surface area contributed by atoms with Crippen LogP contribution in [0.3, 0.4) is 0 Å². The van der Waals surface area contributed by atoms with E-state index in [2.05, 4.69) is 21.2 Å². The van der Waals surface area contributed by atoms with Crippen molar-refractivity contribution in [2.75, 3.05) is 5.32 Å². The summed E-state index contributed by atoms with van der Waals surface area (Å²) in [5.41, 5.74) is 2.62. The zero-order valence-corrected chi connectivity index (χ0v) is 15.0. The molecule has 0 aliphatic heterocycles. The van der Waals surface area contributed by atoms with E-state index in [0.29, 0.717) is 5.69 Å². The zero-order chi connectivity index (χ0) is 17.5. The van der Waals surface area contributed by atoms with Gasteiger partial charge in [-0.3, -0.25) is 4.79 Å². The fraction of sp³-hybridized carbons (Fsp3) is 0.158. The Morgan fingerprint density at radius 2 is 1.79 bits per heavy atom. The number of benzene rings is 2. The Morgan fingerprint density at radius 1 is 1.12 bits per heavy atom. The number of anilines is 1. The molecule has 0 aromatic heterocycles. The highest BCUT2D eigenvalue weighted by atomic mass is 79.9. The van der Waals surface area contributed by atoms with Crippen molar-refractivity contribution in [2.24, 2.45) is 0 Å². The average Bonchev–Trinajstić information content (AvgIpc) is 2.56. The van der Waals surface area contributed by atoms with Crippen LogP contribution in [0.15, 0.2) is 59.1 Å². The maximum Gasteiger partial charge on any atom is 0.331 e. The number of rotatable bonds is 5. The van der Waals surface area contributed by atoms with Crippen molar-refractivity contribution >= 4 is 39.6 Å². The third-order valence-corrected chi connectivity index (χ3v) is 4.01. The molecule has 0 saturated carbocycles. The summed E-state index contributed by atoms with van der Waals surface area (Å²) in [6, 6.07) is 14.9. The Kier molecular flexibility index (Phi) is 6.32. The van der Waals surface area contributed by atoms with E-state index in [-0.39, 0.29) is 5.91 Å². The molecule has 0 aliphatic carbocycles. The summed E-state index contributed by atoms with van der Waals surface area (Å²) in [6.07, 6.45) is 2.05. The minimum atomic E-state index is -0.886. The Balaban J connectivity index is 1.90. The molecule has 0 fully saturated rings. The van der Waals surface area contributed by atoms with Crippen LogP contribution in [-0.2, 0) is 14.3 Å². The summed E-state index contributed by atoms with van der Waals surface area (Å²) in [5.74, 6) is -0.946. The number of nitrogens with one attached hydrogen (secondary N) is 1. The predicted octanol–water partition coefficient (Wildman–Crippen LogP) is 4.34. The predicted molar refractivity (Wildman–Crippen MR) is 98.5 cm³/mol. The highest BCUT2D eigenvalue weighted by Crippen LogP contribution is 2.17. The van der Waals surface area contributed by atoms with Crippen molar-refractivity contribution in [1.82, 2.24) is 0 Å². The van der Waals surface area contributed by atoms with Crippen LogP contribution in [-0.4, -0.2) is 18.0 Å². The van der Waals surface area contributed by atoms with E-state index in [1.165, 1.54) is 13.0 Å². The number of carbonyl (C=O) groups excluding carboxylic acids is 2. The van der Waals surface area contributed by atoms with Crippen LogP contribution >= 0.6 is 15.9 Å². The number of halogens is 1. The van der Waals surface area contributed by atoms with Gasteiger partial charge in [-0.2, -0.15) is 0 Å². The summed E-state index contributed by atoms with van der Waals surface area (Å²) < 4.78 is 5.99. The molecule has 2 rings (SSSR count). The SMILES string of the molecule is Cc1ccc(NC(=O)[C@@H](C)OC(=O)/C=C/c2ccccc2Br)cc1. The lowest BCUT2D eigenvalue weighted by molar-refractivity contribution is -0.148. The van der Waals surface area contributed by atoms with E-state index in [4.69, 9.17) is 4.74 Å². The highest BCUT2D eigenvalue weighted by molar-refractivity contribution is 9.10. The monoisotopic (exact) mass is 387 g/mol. The quantitative estimate of drug-likeness (QED) is 0.613. The van der Waals surface area contributed by atoms with Crippen molar-refractivity contribution in [3.05, 3.63) is 70.2 Å². The summed E-state index contributed by atoms with van der Waals surface area (Å²) in [7, 11) is 0. The molecular formula is C19H18BrNO3. The molecule has 0 spiro atoms. The van der Waals surface area contributed by atoms with Gasteiger partial charge in [0.1, 0.15) is 0 Å². The Morgan fingerprint density at radius 3 is 2.46 bits per heavy atom. The number of amides is 1. The van der Waals surface area contributed by atoms with E-state index in [9.17, 15) is 9.59 Å². The van der Waals surface area contributed by atoms with Gasteiger partial charge >= 0.3 is 5.97 Å². The van der Waals surface area contributed by atoms with E-state index >= 15 is 0 Å². The van der Waals surface area contributed by atoms with Gasteiger partial charge < -0.3 is 10.1 Å². The van der Waals surface area contributed by atoms with Crippen molar-refractivity contribution in [3.8, 4) is 0 Å². The molecule has 24 heavy (non-hydrogen) atoms. The molecule has 0 unspecified atom stereocenters. The van der Waals surface area contributed by atoms with Gasteiger partial charge in [0.25, 0.3) is 5.91 Å². The van der Waals surface area contributed by atoms with Crippen LogP contribution in [0.4, 0.5) is 5.69 Å². The summed E-state index contributed by atoms with van der Waals surface area (Å²) in [5, 5.41) is 2.71. The second kappa shape index (κ2) is 8.45. The minimum Gasteiger partial charge on any atom is -0.449 e. The van der Waals surface area contributed by atoms with Crippen LogP contribution in [0.5, 0.6) is 0 Å². The number of hydrogen-bond acceptors (Lipinski definition) is 3. The topological polar surface area (TPSA) is 55.4 Å². The van der Waals surface area contributed by atoms with E-state index in [1.807, 2.05) is 43.3 Å². The van der Waals surface area contributed by atoms with Crippen LogP contribution in [0.1, 0.15) is 18.1 Å². The first kappa shape index (κ1) is 17.9. The molecule has 0 radical (unpaired) electrons. The second-order valence-electron chi connectivity index (χ2n) is 5.29. The van der Waals surface area contributed by atoms with Crippen molar-refractivity contribution in [2.45, 2.75) is 20.0 Å². The van der Waals surface area contributed by atoms with Gasteiger partial charge in [-0.15, -0.1) is 0 Å². The lowest BCUT2D eigenvalue weighted by Gasteiger charge is -2.12. The van der Waals surface area contributed by atoms with Gasteiger partial charge in [0, 0.05) is 16.2 Å². The third kappa shape index (κ3) is 5.35. The van der Waals surface area contributed by atoms with Crippen LogP contribution in [0.2, 0.25) is 0 Å². The van der Waals surface area contributed by atoms with Gasteiger partial charge in [-0.05, 0) is 43.7 Å². The minimum absolute atomic E-state index is 0.374. The lowest BCUT2D eigenvalue weighted by atomic mass is 10.2. The zero-order valence-electron chi connectivity index (χ0n) is 13.5. The van der Waals surface area contributed by atoms with Gasteiger partial charge in [0.05, 0.1) is 0 Å². The molecule has 2 aromatic carbocycles. The molecular weight excluding hydrogens is 370 g/mol. The molecule has 4 nitrogen and oxygen atoms in total. The van der Waals surface area contributed by atoms with Gasteiger partial charge in [0.15, 0.2) is 6.10 Å². The standard InChI is InChI=1S/C19H18BrNO3/c1-13-7-10-16(11-8-13)21-19(23)14(2)24-18(22)12-9-15-5-3-4-6-17(15)20/h3-12,14H,1-2H3,(H,21,23)/b12-9+/t14-/m1/s1. The smallest absolute Gasteiger partial charge is 0.331 e. The molecule has 0 saturated heterocycles. The van der Waals surface area contributed by atoms with Gasteiger partial charge in [-0.25, -0.2) is 4.79 Å². The average molecular weight is 388 g/mol. The van der Waals surface area contributed by atoms with Crippen LogP contribution in [0, 0.1) is 6.92 Å². The fourth-order valence-corrected chi connectivity index (χ4v) is 2.33. The normalized spacial score (nSPS) is 12.0. The molecule has 124 valence electrons. The van der Waals surface area contributed by atoms with Crippen LogP contribution in [0.25, 0.3) is 6.08 Å². The summed E-state index contributed by atoms with van der Waals surface area (Å²) in [6.45, 7) is 3.50. The highest BCUT2D eigenvalue weighted by Gasteiger charge is 2.16. The van der Waals surface area contributed by atoms with Crippen molar-refractivity contribution in [1.29, 1.82) is 0 Å². The van der Waals surface area contributed by atoms with E-state index in [1.54, 1.807) is 18.2 Å². The Bertz CT molecular complexity index is 753. The number of carbonyl (C=O) groups is 2. The van der Waals surface area contributed by atoms with Gasteiger partial charge in [-0.1, -0.05) is 51.8 Å². The molecule has 0 aliphatic rings. The van der Waals surface area contributed by atoms with E-state index in [0.717, 1.165) is 15.6 Å². The molecule has 1 atom stereocenters. The first-order chi connectivity index (χ1) is 11.5. The third-order valence-electron chi connectivity index (χ3n) is 3.29. The molecule has 0 bridgehead atoms. The van der Waals surface area contributed by atoms with Crippen molar-refractivity contribution < 1.29 is 14.3 Å². The second-order valence-corrected chi connectivity index (χ2v) is 6.14. The maximum atomic E-state index is 12.0. The van der Waals surface area contributed by atoms with Crippen molar-refractivity contribution in [3.63, 3.8) is 0 Å². The molecule has 5 heteroatoms. The first-order valence-corrected chi connectivity index (χ1v) is 8.26.